The highest BCUT2D eigenvalue weighted by molar-refractivity contribution is 6.07. The quantitative estimate of drug-likeness (QED) is 0.598. The maximum atomic E-state index is 13.4. The molecule has 0 aliphatic carbocycles. The predicted octanol–water partition coefficient (Wildman–Crippen LogP) is 4.10. The molecule has 1 unspecified atom stereocenters. The third-order valence-corrected chi connectivity index (χ3v) is 5.28. The largest absolute Gasteiger partial charge is 0.497 e. The fourth-order valence-corrected chi connectivity index (χ4v) is 3.78. The lowest BCUT2D eigenvalue weighted by molar-refractivity contribution is -0.132. The van der Waals surface area contributed by atoms with E-state index in [0.29, 0.717) is 18.0 Å². The molecule has 30 heavy (non-hydrogen) atoms. The zero-order chi connectivity index (χ0) is 21.1. The molecule has 7 nitrogen and oxygen atoms in total. The van der Waals surface area contributed by atoms with Crippen molar-refractivity contribution in [2.24, 2.45) is 0 Å². The lowest BCUT2D eigenvalue weighted by atomic mass is 9.85. The van der Waals surface area contributed by atoms with Crippen LogP contribution in [-0.4, -0.2) is 28.9 Å². The molecule has 1 fully saturated rings. The maximum Gasteiger partial charge on any atom is 0.325 e. The molecule has 0 radical (unpaired) electrons. The number of methoxy groups -OCH3 is 1. The minimum Gasteiger partial charge on any atom is -0.497 e. The van der Waals surface area contributed by atoms with Crippen molar-refractivity contribution in [2.45, 2.75) is 31.8 Å². The number of rotatable bonds is 7. The fourth-order valence-electron chi connectivity index (χ4n) is 3.78. The van der Waals surface area contributed by atoms with Gasteiger partial charge in [-0.1, -0.05) is 43.7 Å². The van der Waals surface area contributed by atoms with Crippen molar-refractivity contribution in [1.82, 2.24) is 15.2 Å². The summed E-state index contributed by atoms with van der Waals surface area (Å²) in [4.78, 5) is 31.7. The smallest absolute Gasteiger partial charge is 0.325 e. The highest BCUT2D eigenvalue weighted by atomic mass is 16.5. The zero-order valence-corrected chi connectivity index (χ0v) is 16.9. The molecule has 1 aromatic heterocycles. The van der Waals surface area contributed by atoms with Crippen LogP contribution in [0.5, 0.6) is 5.75 Å². The zero-order valence-electron chi connectivity index (χ0n) is 16.9. The van der Waals surface area contributed by atoms with E-state index in [0.717, 1.165) is 23.3 Å². The van der Waals surface area contributed by atoms with Gasteiger partial charge in [-0.15, -0.1) is 0 Å². The summed E-state index contributed by atoms with van der Waals surface area (Å²) in [5.74, 6) is 0.884. The summed E-state index contributed by atoms with van der Waals surface area (Å²) >= 11 is 0. The number of hydrogen-bond donors (Lipinski definition) is 1. The number of oxazole rings is 1. The molecule has 1 aliphatic heterocycles. The number of carbonyl (C=O) groups is 2. The second-order valence-corrected chi connectivity index (χ2v) is 7.22. The molecule has 2 heterocycles. The highest BCUT2D eigenvalue weighted by Gasteiger charge is 2.51. The summed E-state index contributed by atoms with van der Waals surface area (Å²) in [6, 6.07) is 16.2. The van der Waals surface area contributed by atoms with Crippen molar-refractivity contribution in [3.8, 4) is 17.2 Å². The second kappa shape index (κ2) is 8.02. The van der Waals surface area contributed by atoms with Gasteiger partial charge in [0.05, 0.1) is 19.3 Å². The maximum absolute atomic E-state index is 13.4. The molecule has 0 bridgehead atoms. The summed E-state index contributed by atoms with van der Waals surface area (Å²) in [5, 5.41) is 2.92. The van der Waals surface area contributed by atoms with Crippen molar-refractivity contribution >= 4 is 11.9 Å². The van der Waals surface area contributed by atoms with Crippen LogP contribution in [0, 0.1) is 0 Å². The van der Waals surface area contributed by atoms with Crippen molar-refractivity contribution in [3.63, 3.8) is 0 Å². The van der Waals surface area contributed by atoms with E-state index >= 15 is 0 Å². The summed E-state index contributed by atoms with van der Waals surface area (Å²) in [7, 11) is 1.60. The number of nitrogens with one attached hydrogen (secondary N) is 1. The first-order valence-corrected chi connectivity index (χ1v) is 9.86. The molecule has 154 valence electrons. The first kappa shape index (κ1) is 19.7. The molecule has 4 rings (SSSR count). The van der Waals surface area contributed by atoms with Crippen LogP contribution in [0.3, 0.4) is 0 Å². The Morgan fingerprint density at radius 3 is 2.50 bits per heavy atom. The van der Waals surface area contributed by atoms with Crippen molar-refractivity contribution in [1.29, 1.82) is 0 Å². The SMILES string of the molecule is CCCC1(c2ccccc2)NC(=O)N(Cc2coc(-c3ccc(OC)cc3)n2)C1=O. The second-order valence-electron chi connectivity index (χ2n) is 7.22. The fraction of sp³-hybridized carbons (Fsp3) is 0.261. The molecular weight excluding hydrogens is 382 g/mol. The number of carbonyl (C=O) groups excluding carboxylic acids is 2. The Kier molecular flexibility index (Phi) is 5.27. The van der Waals surface area contributed by atoms with Crippen LogP contribution in [0.4, 0.5) is 4.79 Å². The van der Waals surface area contributed by atoms with E-state index in [9.17, 15) is 9.59 Å². The molecule has 1 saturated heterocycles. The summed E-state index contributed by atoms with van der Waals surface area (Å²) in [5.41, 5.74) is 1.02. The normalized spacial score (nSPS) is 18.5. The van der Waals surface area contributed by atoms with Crippen LogP contribution in [0.1, 0.15) is 31.0 Å². The van der Waals surface area contributed by atoms with Crippen molar-refractivity contribution in [2.75, 3.05) is 7.11 Å². The van der Waals surface area contributed by atoms with Gasteiger partial charge in [0, 0.05) is 5.56 Å². The van der Waals surface area contributed by atoms with E-state index in [-0.39, 0.29) is 12.5 Å². The number of hydrogen-bond acceptors (Lipinski definition) is 5. The topological polar surface area (TPSA) is 84.7 Å². The molecule has 7 heteroatoms. The van der Waals surface area contributed by atoms with Gasteiger partial charge in [0.2, 0.25) is 5.89 Å². The van der Waals surface area contributed by atoms with Crippen LogP contribution in [0.25, 0.3) is 11.5 Å². The average Bonchev–Trinajstić information content (AvgIpc) is 3.34. The molecule has 2 aromatic carbocycles. The number of amides is 3. The molecule has 1 N–H and O–H groups in total. The third-order valence-electron chi connectivity index (χ3n) is 5.28. The Labute approximate surface area is 174 Å². The van der Waals surface area contributed by atoms with E-state index in [1.807, 2.05) is 61.5 Å². The Balaban J connectivity index is 1.57. The summed E-state index contributed by atoms with van der Waals surface area (Å²) in [6.45, 7) is 2.04. The summed E-state index contributed by atoms with van der Waals surface area (Å²) in [6.07, 6.45) is 2.75. The molecular formula is C23H23N3O4. The van der Waals surface area contributed by atoms with Crippen LogP contribution in [0.2, 0.25) is 0 Å². The minimum atomic E-state index is -1.05. The van der Waals surface area contributed by atoms with E-state index in [2.05, 4.69) is 10.3 Å². The van der Waals surface area contributed by atoms with E-state index in [1.165, 1.54) is 11.2 Å². The van der Waals surface area contributed by atoms with Gasteiger partial charge in [0.25, 0.3) is 5.91 Å². The van der Waals surface area contributed by atoms with Crippen LogP contribution in [-0.2, 0) is 16.9 Å². The Hall–Kier alpha value is -3.61. The molecule has 1 aliphatic rings. The number of benzene rings is 2. The Morgan fingerprint density at radius 1 is 1.10 bits per heavy atom. The van der Waals surface area contributed by atoms with Crippen molar-refractivity contribution in [3.05, 3.63) is 72.1 Å². The molecule has 3 aromatic rings. The molecule has 3 amide bonds. The molecule has 1 atom stereocenters. The average molecular weight is 405 g/mol. The minimum absolute atomic E-state index is 0.0443. The third kappa shape index (κ3) is 3.43. The van der Waals surface area contributed by atoms with Gasteiger partial charge in [0.15, 0.2) is 0 Å². The van der Waals surface area contributed by atoms with Crippen LogP contribution >= 0.6 is 0 Å². The van der Waals surface area contributed by atoms with Crippen LogP contribution < -0.4 is 10.1 Å². The summed E-state index contributed by atoms with van der Waals surface area (Å²) < 4.78 is 10.7. The number of aromatic nitrogens is 1. The van der Waals surface area contributed by atoms with E-state index in [4.69, 9.17) is 9.15 Å². The monoisotopic (exact) mass is 405 g/mol. The lowest BCUT2D eigenvalue weighted by Crippen LogP contribution is -2.43. The van der Waals surface area contributed by atoms with Gasteiger partial charge in [-0.2, -0.15) is 0 Å². The first-order chi connectivity index (χ1) is 14.6. The van der Waals surface area contributed by atoms with Gasteiger partial charge in [0.1, 0.15) is 17.6 Å². The van der Waals surface area contributed by atoms with Gasteiger partial charge >= 0.3 is 6.03 Å². The van der Waals surface area contributed by atoms with Gasteiger partial charge in [-0.25, -0.2) is 9.78 Å². The van der Waals surface area contributed by atoms with E-state index < -0.39 is 11.6 Å². The predicted molar refractivity (Wildman–Crippen MR) is 111 cm³/mol. The van der Waals surface area contributed by atoms with Crippen LogP contribution in [0.15, 0.2) is 65.3 Å². The number of nitrogens with zero attached hydrogens (tertiary/aromatic N) is 2. The van der Waals surface area contributed by atoms with Crippen molar-refractivity contribution < 1.29 is 18.7 Å². The van der Waals surface area contributed by atoms with Gasteiger partial charge in [-0.05, 0) is 36.2 Å². The highest BCUT2D eigenvalue weighted by Crippen LogP contribution is 2.34. The van der Waals surface area contributed by atoms with E-state index in [1.54, 1.807) is 7.11 Å². The first-order valence-electron chi connectivity index (χ1n) is 9.86. The van der Waals surface area contributed by atoms with Gasteiger partial charge < -0.3 is 14.5 Å². The Morgan fingerprint density at radius 2 is 1.83 bits per heavy atom. The number of imide groups is 1. The van der Waals surface area contributed by atoms with Gasteiger partial charge in [-0.3, -0.25) is 9.69 Å². The lowest BCUT2D eigenvalue weighted by Gasteiger charge is -2.26. The number of ether oxygens (including phenoxy) is 1. The Bertz CT molecular complexity index is 1050. The molecule has 0 saturated carbocycles. The standard InChI is InChI=1S/C23H23N3O4/c1-3-13-23(17-7-5-4-6-8-17)21(27)26(22(28)25-23)14-18-15-30-20(24-18)16-9-11-19(29-2)12-10-16/h4-12,15H,3,13-14H2,1-2H3,(H,25,28). The molecule has 0 spiro atoms. The number of urea groups is 1.